The summed E-state index contributed by atoms with van der Waals surface area (Å²) in [5.41, 5.74) is 7.87. The fourth-order valence-electron chi connectivity index (χ4n) is 2.61. The van der Waals surface area contributed by atoms with E-state index in [1.54, 1.807) is 36.4 Å². The average Bonchev–Trinajstić information content (AvgIpc) is 2.77. The van der Waals surface area contributed by atoms with Crippen LogP contribution >= 0.6 is 12.2 Å². The maximum atomic E-state index is 12.5. The molecule has 3 aromatic carbocycles. The van der Waals surface area contributed by atoms with Crippen LogP contribution in [0.3, 0.4) is 0 Å². The highest BCUT2D eigenvalue weighted by Crippen LogP contribution is 2.19. The van der Waals surface area contributed by atoms with Gasteiger partial charge in [-0.3, -0.25) is 25.8 Å². The van der Waals surface area contributed by atoms with Crippen molar-refractivity contribution in [1.29, 1.82) is 0 Å². The fraction of sp³-hybridized carbons (Fsp3) is 0.0870. The van der Waals surface area contributed by atoms with E-state index < -0.39 is 5.91 Å². The zero-order valence-corrected chi connectivity index (χ0v) is 17.2. The number of rotatable bonds is 5. The molecule has 2 amide bonds. The topological polar surface area (TPSA) is 79.5 Å². The first-order valence-corrected chi connectivity index (χ1v) is 9.68. The molecule has 30 heavy (non-hydrogen) atoms. The normalized spacial score (nSPS) is 10.0. The first-order chi connectivity index (χ1) is 14.5. The lowest BCUT2D eigenvalue weighted by atomic mass is 10.1. The number of carbonyl (C=O) groups is 2. The van der Waals surface area contributed by atoms with E-state index in [2.05, 4.69) is 16.2 Å². The molecule has 0 saturated carbocycles. The van der Waals surface area contributed by atoms with E-state index in [9.17, 15) is 9.59 Å². The van der Waals surface area contributed by atoms with Gasteiger partial charge in [-0.05, 0) is 49.0 Å². The zero-order valence-electron chi connectivity index (χ0n) is 16.3. The number of carbonyl (C=O) groups excluding carboxylic acids is 2. The predicted molar refractivity (Wildman–Crippen MR) is 119 cm³/mol. The van der Waals surface area contributed by atoms with Crippen LogP contribution in [0.4, 0.5) is 0 Å². The third kappa shape index (κ3) is 5.89. The van der Waals surface area contributed by atoms with E-state index in [0.29, 0.717) is 23.5 Å². The molecule has 0 saturated heterocycles. The Balaban J connectivity index is 1.55. The fourth-order valence-corrected chi connectivity index (χ4v) is 2.75. The Hall–Kier alpha value is -3.71. The van der Waals surface area contributed by atoms with Crippen molar-refractivity contribution in [2.24, 2.45) is 0 Å². The van der Waals surface area contributed by atoms with Crippen molar-refractivity contribution in [3.8, 4) is 5.75 Å². The molecular formula is C23H21N3O3S. The third-order valence-electron chi connectivity index (χ3n) is 4.20. The Morgan fingerprint density at radius 2 is 1.50 bits per heavy atom. The lowest BCUT2D eigenvalue weighted by Gasteiger charge is -2.14. The SMILES string of the molecule is Cc1ccc(C(=O)NC(=S)NNC(=O)c2ccccc2OCc2ccccc2)cc1. The van der Waals surface area contributed by atoms with Gasteiger partial charge in [-0.25, -0.2) is 0 Å². The monoisotopic (exact) mass is 419 g/mol. The minimum atomic E-state index is -0.439. The molecule has 0 radical (unpaired) electrons. The van der Waals surface area contributed by atoms with Crippen LogP contribution < -0.4 is 20.9 Å². The molecule has 3 rings (SSSR count). The van der Waals surface area contributed by atoms with Crippen LogP contribution in [0.2, 0.25) is 0 Å². The summed E-state index contributed by atoms with van der Waals surface area (Å²) in [6.07, 6.45) is 0. The maximum Gasteiger partial charge on any atom is 0.273 e. The van der Waals surface area contributed by atoms with Crippen LogP contribution in [0.5, 0.6) is 5.75 Å². The van der Waals surface area contributed by atoms with Gasteiger partial charge in [0.2, 0.25) is 0 Å². The number of benzene rings is 3. The van der Waals surface area contributed by atoms with Crippen molar-refractivity contribution in [2.75, 3.05) is 0 Å². The summed E-state index contributed by atoms with van der Waals surface area (Å²) in [7, 11) is 0. The molecule has 0 aliphatic rings. The maximum absolute atomic E-state index is 12.5. The van der Waals surface area contributed by atoms with E-state index in [1.807, 2.05) is 49.4 Å². The van der Waals surface area contributed by atoms with Crippen molar-refractivity contribution in [3.05, 3.63) is 101 Å². The molecule has 0 aliphatic heterocycles. The van der Waals surface area contributed by atoms with E-state index in [4.69, 9.17) is 17.0 Å². The summed E-state index contributed by atoms with van der Waals surface area (Å²) in [5.74, 6) is -0.366. The van der Waals surface area contributed by atoms with Gasteiger partial charge < -0.3 is 4.74 Å². The minimum Gasteiger partial charge on any atom is -0.488 e. The third-order valence-corrected chi connectivity index (χ3v) is 4.40. The zero-order chi connectivity index (χ0) is 21.3. The van der Waals surface area contributed by atoms with Crippen LogP contribution in [-0.4, -0.2) is 16.9 Å². The minimum absolute atomic E-state index is 0.0170. The van der Waals surface area contributed by atoms with Gasteiger partial charge in [0.05, 0.1) is 5.56 Å². The number of amides is 2. The molecule has 3 aromatic rings. The van der Waals surface area contributed by atoms with Crippen LogP contribution in [-0.2, 0) is 6.61 Å². The molecule has 0 fully saturated rings. The van der Waals surface area contributed by atoms with Gasteiger partial charge in [-0.1, -0.05) is 60.2 Å². The number of hydrogen-bond acceptors (Lipinski definition) is 4. The van der Waals surface area contributed by atoms with Crippen LogP contribution in [0.1, 0.15) is 31.8 Å². The molecule has 0 aromatic heterocycles. The highest BCUT2D eigenvalue weighted by molar-refractivity contribution is 7.80. The lowest BCUT2D eigenvalue weighted by molar-refractivity contribution is 0.0930. The Kier molecular flexibility index (Phi) is 7.13. The lowest BCUT2D eigenvalue weighted by Crippen LogP contribution is -2.48. The van der Waals surface area contributed by atoms with Gasteiger partial charge in [0.15, 0.2) is 5.11 Å². The van der Waals surface area contributed by atoms with E-state index in [-0.39, 0.29) is 11.0 Å². The molecule has 7 heteroatoms. The molecule has 0 unspecified atom stereocenters. The highest BCUT2D eigenvalue weighted by atomic mass is 32.1. The molecule has 0 spiro atoms. The molecule has 0 aliphatic carbocycles. The Labute approximate surface area is 180 Å². The molecule has 0 bridgehead atoms. The van der Waals surface area contributed by atoms with Crippen molar-refractivity contribution < 1.29 is 14.3 Å². The Bertz CT molecular complexity index is 1040. The number of ether oxygens (including phenoxy) is 1. The quantitative estimate of drug-likeness (QED) is 0.436. The number of aryl methyl sites for hydroxylation is 1. The first-order valence-electron chi connectivity index (χ1n) is 9.27. The number of para-hydroxylation sites is 1. The average molecular weight is 420 g/mol. The van der Waals surface area contributed by atoms with Crippen molar-refractivity contribution in [2.45, 2.75) is 13.5 Å². The van der Waals surface area contributed by atoms with E-state index in [0.717, 1.165) is 11.1 Å². The molecule has 6 nitrogen and oxygen atoms in total. The number of hydrogen-bond donors (Lipinski definition) is 3. The van der Waals surface area contributed by atoms with E-state index >= 15 is 0 Å². The molecule has 0 heterocycles. The molecular weight excluding hydrogens is 398 g/mol. The van der Waals surface area contributed by atoms with Crippen molar-refractivity contribution >= 4 is 29.1 Å². The first kappa shape index (κ1) is 21.0. The summed E-state index contributed by atoms with van der Waals surface area (Å²) >= 11 is 5.08. The van der Waals surface area contributed by atoms with Crippen LogP contribution in [0, 0.1) is 6.92 Å². The predicted octanol–water partition coefficient (Wildman–Crippen LogP) is 3.52. The second kappa shape index (κ2) is 10.2. The van der Waals surface area contributed by atoms with Gasteiger partial charge in [-0.15, -0.1) is 0 Å². The van der Waals surface area contributed by atoms with Crippen molar-refractivity contribution in [1.82, 2.24) is 16.2 Å². The second-order valence-corrected chi connectivity index (χ2v) is 6.91. The second-order valence-electron chi connectivity index (χ2n) is 6.50. The summed E-state index contributed by atoms with van der Waals surface area (Å²) in [4.78, 5) is 24.7. The van der Waals surface area contributed by atoms with Gasteiger partial charge in [0.1, 0.15) is 12.4 Å². The van der Waals surface area contributed by atoms with Crippen molar-refractivity contribution in [3.63, 3.8) is 0 Å². The molecule has 3 N–H and O–H groups in total. The van der Waals surface area contributed by atoms with Gasteiger partial charge in [0.25, 0.3) is 11.8 Å². The number of nitrogens with one attached hydrogen (secondary N) is 3. The van der Waals surface area contributed by atoms with Crippen LogP contribution in [0.25, 0.3) is 0 Å². The van der Waals surface area contributed by atoms with Gasteiger partial charge in [0, 0.05) is 5.56 Å². The standard InChI is InChI=1S/C23H21N3O3S/c1-16-11-13-18(14-12-16)21(27)24-23(30)26-25-22(28)19-9-5-6-10-20(19)29-15-17-7-3-2-4-8-17/h2-14H,15H2,1H3,(H,25,28)(H2,24,26,27,30). The summed E-state index contributed by atoms with van der Waals surface area (Å²) < 4.78 is 5.79. The largest absolute Gasteiger partial charge is 0.488 e. The highest BCUT2D eigenvalue weighted by Gasteiger charge is 2.13. The van der Waals surface area contributed by atoms with Crippen LogP contribution in [0.15, 0.2) is 78.9 Å². The summed E-state index contributed by atoms with van der Waals surface area (Å²) in [6.45, 7) is 2.27. The number of hydrazine groups is 1. The smallest absolute Gasteiger partial charge is 0.273 e. The molecule has 0 atom stereocenters. The Morgan fingerprint density at radius 3 is 2.23 bits per heavy atom. The Morgan fingerprint density at radius 1 is 0.833 bits per heavy atom. The molecule has 152 valence electrons. The number of thiocarbonyl (C=S) groups is 1. The van der Waals surface area contributed by atoms with Gasteiger partial charge >= 0.3 is 0 Å². The van der Waals surface area contributed by atoms with Gasteiger partial charge in [-0.2, -0.15) is 0 Å². The summed E-state index contributed by atoms with van der Waals surface area (Å²) in [6, 6.07) is 23.6. The summed E-state index contributed by atoms with van der Waals surface area (Å²) in [5, 5.41) is 2.50. The van der Waals surface area contributed by atoms with E-state index in [1.165, 1.54) is 0 Å².